The molecule has 2 heterocycles. The molecule has 0 N–H and O–H groups in total. The number of halogens is 1. The average Bonchev–Trinajstić information content (AvgIpc) is 2.67. The van der Waals surface area contributed by atoms with Crippen LogP contribution < -0.4 is 4.90 Å². The standard InChI is InChI=1S/C21H30N4O.ClH/c1-4-25-16(2)14-24(15-17(25)3)21(26)19-9-11-23(12-10-19)20-7-5-18(13-22)6-8-20;/h5-8,16-17,19H,4,9-12,14-15H2,1-3H3;1H/t16-,17-;/m0./s1. The Balaban J connectivity index is 0.00000261. The monoisotopic (exact) mass is 390 g/mol. The number of piperidine rings is 1. The van der Waals surface area contributed by atoms with Gasteiger partial charge in [0.05, 0.1) is 11.6 Å². The van der Waals surface area contributed by atoms with E-state index in [9.17, 15) is 4.79 Å². The van der Waals surface area contributed by atoms with Gasteiger partial charge in [0.15, 0.2) is 0 Å². The van der Waals surface area contributed by atoms with Gasteiger partial charge in [0.1, 0.15) is 0 Å². The zero-order valence-corrected chi connectivity index (χ0v) is 17.4. The van der Waals surface area contributed by atoms with E-state index in [0.717, 1.165) is 51.3 Å². The van der Waals surface area contributed by atoms with Gasteiger partial charge in [-0.15, -0.1) is 12.4 Å². The van der Waals surface area contributed by atoms with Crippen molar-refractivity contribution in [2.24, 2.45) is 5.92 Å². The molecule has 1 aromatic carbocycles. The van der Waals surface area contributed by atoms with Gasteiger partial charge in [-0.2, -0.15) is 5.26 Å². The minimum atomic E-state index is 0. The number of benzene rings is 1. The van der Waals surface area contributed by atoms with E-state index in [1.165, 1.54) is 0 Å². The molecule has 5 nitrogen and oxygen atoms in total. The van der Waals surface area contributed by atoms with Crippen molar-refractivity contribution in [3.05, 3.63) is 29.8 Å². The predicted octanol–water partition coefficient (Wildman–Crippen LogP) is 3.14. The number of nitrogens with zero attached hydrogens (tertiary/aromatic N) is 4. The molecule has 0 spiro atoms. The minimum absolute atomic E-state index is 0. The molecule has 2 aliphatic rings. The molecule has 0 saturated carbocycles. The van der Waals surface area contributed by atoms with Crippen molar-refractivity contribution in [2.75, 3.05) is 37.6 Å². The van der Waals surface area contributed by atoms with E-state index >= 15 is 0 Å². The molecule has 2 fully saturated rings. The second-order valence-electron chi connectivity index (χ2n) is 7.69. The number of anilines is 1. The van der Waals surface area contributed by atoms with Gasteiger partial charge in [0, 0.05) is 49.9 Å². The van der Waals surface area contributed by atoms with E-state index in [2.05, 4.69) is 41.5 Å². The van der Waals surface area contributed by atoms with Gasteiger partial charge in [-0.25, -0.2) is 0 Å². The first-order valence-electron chi connectivity index (χ1n) is 9.83. The topological polar surface area (TPSA) is 50.6 Å². The summed E-state index contributed by atoms with van der Waals surface area (Å²) in [7, 11) is 0. The van der Waals surface area contributed by atoms with Gasteiger partial charge in [0.2, 0.25) is 5.91 Å². The highest BCUT2D eigenvalue weighted by atomic mass is 35.5. The van der Waals surface area contributed by atoms with E-state index in [1.54, 1.807) is 0 Å². The number of likely N-dealkylation sites (N-methyl/N-ethyl adjacent to an activating group) is 1. The quantitative estimate of drug-likeness (QED) is 0.795. The van der Waals surface area contributed by atoms with Crippen molar-refractivity contribution in [2.45, 2.75) is 45.7 Å². The number of nitriles is 1. The summed E-state index contributed by atoms with van der Waals surface area (Å²) < 4.78 is 0. The first-order chi connectivity index (χ1) is 12.5. The van der Waals surface area contributed by atoms with Gasteiger partial charge >= 0.3 is 0 Å². The van der Waals surface area contributed by atoms with Crippen LogP contribution in [0.25, 0.3) is 0 Å². The van der Waals surface area contributed by atoms with Crippen LogP contribution in [0.5, 0.6) is 0 Å². The van der Waals surface area contributed by atoms with Crippen molar-refractivity contribution < 1.29 is 4.79 Å². The molecule has 148 valence electrons. The van der Waals surface area contributed by atoms with Gasteiger partial charge < -0.3 is 9.80 Å². The molecule has 6 heteroatoms. The minimum Gasteiger partial charge on any atom is -0.371 e. The lowest BCUT2D eigenvalue weighted by molar-refractivity contribution is -0.140. The molecule has 0 bridgehead atoms. The number of amides is 1. The third kappa shape index (κ3) is 4.75. The van der Waals surface area contributed by atoms with E-state index in [4.69, 9.17) is 5.26 Å². The Morgan fingerprint density at radius 1 is 1.11 bits per heavy atom. The molecule has 3 rings (SSSR count). The molecule has 2 aliphatic heterocycles. The Hall–Kier alpha value is -1.77. The maximum atomic E-state index is 13.0. The maximum absolute atomic E-state index is 13.0. The zero-order valence-electron chi connectivity index (χ0n) is 16.6. The Kier molecular flexibility index (Phi) is 7.52. The molecular formula is C21H31ClN4O. The highest BCUT2D eigenvalue weighted by molar-refractivity contribution is 5.85. The first kappa shape index (κ1) is 21.5. The lowest BCUT2D eigenvalue weighted by atomic mass is 9.93. The number of rotatable bonds is 3. The Bertz CT molecular complexity index is 652. The van der Waals surface area contributed by atoms with Crippen LogP contribution in [0.2, 0.25) is 0 Å². The van der Waals surface area contributed by atoms with Crippen LogP contribution in [-0.4, -0.2) is 60.5 Å². The molecule has 0 unspecified atom stereocenters. The second kappa shape index (κ2) is 9.43. The Morgan fingerprint density at radius 3 is 2.15 bits per heavy atom. The summed E-state index contributed by atoms with van der Waals surface area (Å²) in [5.41, 5.74) is 1.84. The molecule has 0 radical (unpaired) electrons. The van der Waals surface area contributed by atoms with Crippen LogP contribution in [-0.2, 0) is 4.79 Å². The van der Waals surface area contributed by atoms with Crippen LogP contribution in [0.1, 0.15) is 39.2 Å². The summed E-state index contributed by atoms with van der Waals surface area (Å²) in [6.07, 6.45) is 1.82. The predicted molar refractivity (Wildman–Crippen MR) is 111 cm³/mol. The van der Waals surface area contributed by atoms with Crippen LogP contribution in [0.4, 0.5) is 5.69 Å². The number of hydrogen-bond donors (Lipinski definition) is 0. The lowest BCUT2D eigenvalue weighted by Crippen LogP contribution is -2.59. The fourth-order valence-electron chi connectivity index (χ4n) is 4.55. The zero-order chi connectivity index (χ0) is 18.7. The van der Waals surface area contributed by atoms with Crippen LogP contribution in [0.15, 0.2) is 24.3 Å². The van der Waals surface area contributed by atoms with E-state index in [1.807, 2.05) is 24.3 Å². The summed E-state index contributed by atoms with van der Waals surface area (Å²) in [4.78, 5) is 19.9. The largest absolute Gasteiger partial charge is 0.371 e. The van der Waals surface area contributed by atoms with Crippen molar-refractivity contribution in [3.8, 4) is 6.07 Å². The van der Waals surface area contributed by atoms with E-state index in [-0.39, 0.29) is 18.3 Å². The van der Waals surface area contributed by atoms with Crippen LogP contribution in [0, 0.1) is 17.2 Å². The molecule has 2 atom stereocenters. The molecule has 2 saturated heterocycles. The van der Waals surface area contributed by atoms with Gasteiger partial charge in [0.25, 0.3) is 0 Å². The second-order valence-corrected chi connectivity index (χ2v) is 7.69. The number of piperazine rings is 1. The van der Waals surface area contributed by atoms with Gasteiger partial charge in [-0.3, -0.25) is 9.69 Å². The van der Waals surface area contributed by atoms with Gasteiger partial charge in [-0.1, -0.05) is 6.92 Å². The highest BCUT2D eigenvalue weighted by Gasteiger charge is 2.34. The molecule has 1 aromatic rings. The molecule has 0 aromatic heterocycles. The summed E-state index contributed by atoms with van der Waals surface area (Å²) in [6, 6.07) is 10.8. The van der Waals surface area contributed by atoms with Crippen LogP contribution in [0.3, 0.4) is 0 Å². The fraction of sp³-hybridized carbons (Fsp3) is 0.619. The Labute approximate surface area is 169 Å². The molecular weight excluding hydrogens is 360 g/mol. The summed E-state index contributed by atoms with van der Waals surface area (Å²) in [5, 5.41) is 8.92. The van der Waals surface area contributed by atoms with Gasteiger partial charge in [-0.05, 0) is 57.5 Å². The summed E-state index contributed by atoms with van der Waals surface area (Å²) in [5.74, 6) is 0.496. The van der Waals surface area contributed by atoms with Crippen molar-refractivity contribution in [1.29, 1.82) is 5.26 Å². The van der Waals surface area contributed by atoms with Crippen molar-refractivity contribution in [3.63, 3.8) is 0 Å². The Morgan fingerprint density at radius 2 is 1.67 bits per heavy atom. The summed E-state index contributed by atoms with van der Waals surface area (Å²) in [6.45, 7) is 11.2. The molecule has 1 amide bonds. The maximum Gasteiger partial charge on any atom is 0.225 e. The highest BCUT2D eigenvalue weighted by Crippen LogP contribution is 2.26. The SMILES string of the molecule is CCN1[C@@H](C)CN(C(=O)C2CCN(c3ccc(C#N)cc3)CC2)C[C@@H]1C.Cl. The molecule has 27 heavy (non-hydrogen) atoms. The van der Waals surface area contributed by atoms with Crippen molar-refractivity contribution in [1.82, 2.24) is 9.80 Å². The number of carbonyl (C=O) groups excluding carboxylic acids is 1. The fourth-order valence-corrected chi connectivity index (χ4v) is 4.55. The smallest absolute Gasteiger partial charge is 0.225 e. The molecule has 0 aliphatic carbocycles. The van der Waals surface area contributed by atoms with E-state index < -0.39 is 0 Å². The lowest BCUT2D eigenvalue weighted by Gasteiger charge is -2.45. The third-order valence-corrected chi connectivity index (χ3v) is 5.98. The van der Waals surface area contributed by atoms with Crippen molar-refractivity contribution >= 4 is 24.0 Å². The first-order valence-corrected chi connectivity index (χ1v) is 9.83. The average molecular weight is 391 g/mol. The number of hydrogen-bond acceptors (Lipinski definition) is 4. The van der Waals surface area contributed by atoms with E-state index in [0.29, 0.717) is 23.6 Å². The number of carbonyl (C=O) groups is 1. The normalized spacial score (nSPS) is 24.2. The third-order valence-electron chi connectivity index (χ3n) is 5.98. The van der Waals surface area contributed by atoms with Crippen LogP contribution >= 0.6 is 12.4 Å². The summed E-state index contributed by atoms with van der Waals surface area (Å²) >= 11 is 0.